The lowest BCUT2D eigenvalue weighted by atomic mass is 9.89. The maximum Gasteiger partial charge on any atom is 0.327 e. The predicted molar refractivity (Wildman–Crippen MR) is 74.9 cm³/mol. The first-order chi connectivity index (χ1) is 9.60. The third-order valence-electron chi connectivity index (χ3n) is 3.69. The van der Waals surface area contributed by atoms with Gasteiger partial charge in [-0.05, 0) is 30.7 Å². The molecular formula is C13H15N3O3S. The summed E-state index contributed by atoms with van der Waals surface area (Å²) in [5.74, 6) is 0.138. The van der Waals surface area contributed by atoms with Gasteiger partial charge >= 0.3 is 5.97 Å². The van der Waals surface area contributed by atoms with E-state index in [2.05, 4.69) is 22.0 Å². The van der Waals surface area contributed by atoms with Crippen molar-refractivity contribution in [3.05, 3.63) is 20.8 Å². The number of esters is 1. The maximum atomic E-state index is 12.5. The van der Waals surface area contributed by atoms with Gasteiger partial charge in [-0.1, -0.05) is 12.1 Å². The van der Waals surface area contributed by atoms with Crippen LogP contribution >= 0.6 is 11.3 Å². The van der Waals surface area contributed by atoms with Gasteiger partial charge in [0.05, 0.1) is 12.5 Å². The lowest BCUT2D eigenvalue weighted by Crippen LogP contribution is -2.28. The lowest BCUT2D eigenvalue weighted by Gasteiger charge is -2.17. The number of hydrogen-bond acceptors (Lipinski definition) is 6. The van der Waals surface area contributed by atoms with E-state index in [1.807, 2.05) is 0 Å². The van der Waals surface area contributed by atoms with Crippen LogP contribution in [0.4, 0.5) is 0 Å². The number of carbonyl (C=O) groups is 1. The van der Waals surface area contributed by atoms with E-state index >= 15 is 0 Å². The molecule has 1 atom stereocenters. The van der Waals surface area contributed by atoms with E-state index in [1.54, 1.807) is 11.3 Å². The van der Waals surface area contributed by atoms with Crippen LogP contribution < -0.4 is 5.56 Å². The van der Waals surface area contributed by atoms with Crippen molar-refractivity contribution in [1.82, 2.24) is 15.0 Å². The molecule has 106 valence electrons. The number of hydrogen-bond donors (Lipinski definition) is 0. The highest BCUT2D eigenvalue weighted by atomic mass is 32.1. The van der Waals surface area contributed by atoms with Gasteiger partial charge in [0.2, 0.25) is 0 Å². The van der Waals surface area contributed by atoms with E-state index in [1.165, 1.54) is 12.0 Å². The number of nitrogens with zero attached hydrogens (tertiary/aromatic N) is 3. The Kier molecular flexibility index (Phi) is 3.29. The second-order valence-electron chi connectivity index (χ2n) is 5.16. The van der Waals surface area contributed by atoms with Crippen LogP contribution in [0.15, 0.2) is 4.79 Å². The van der Waals surface area contributed by atoms with Gasteiger partial charge in [0, 0.05) is 4.88 Å². The first kappa shape index (κ1) is 13.2. The molecular weight excluding hydrogens is 278 g/mol. The molecule has 1 aliphatic rings. The van der Waals surface area contributed by atoms with Gasteiger partial charge in [-0.2, -0.15) is 4.68 Å². The minimum absolute atomic E-state index is 0.195. The summed E-state index contributed by atoms with van der Waals surface area (Å²) in [6.07, 6.45) is 2.97. The molecule has 0 saturated carbocycles. The molecule has 0 radical (unpaired) electrons. The SMILES string of the molecule is COC(=O)Cn1nnc2sc3c(c2c1=O)CC[C@H](C)C3. The summed E-state index contributed by atoms with van der Waals surface area (Å²) < 4.78 is 5.65. The quantitative estimate of drug-likeness (QED) is 0.777. The van der Waals surface area contributed by atoms with Crippen molar-refractivity contribution in [3.8, 4) is 0 Å². The van der Waals surface area contributed by atoms with Crippen LogP contribution in [-0.2, 0) is 28.9 Å². The molecule has 0 spiro atoms. The predicted octanol–water partition coefficient (Wildman–Crippen LogP) is 1.15. The van der Waals surface area contributed by atoms with Crippen LogP contribution in [-0.4, -0.2) is 28.1 Å². The third-order valence-corrected chi connectivity index (χ3v) is 4.83. The van der Waals surface area contributed by atoms with E-state index in [0.29, 0.717) is 16.1 Å². The number of aryl methyl sites for hydroxylation is 1. The highest BCUT2D eigenvalue weighted by molar-refractivity contribution is 7.18. The van der Waals surface area contributed by atoms with Gasteiger partial charge in [-0.25, -0.2) is 0 Å². The normalized spacial score (nSPS) is 18.0. The molecule has 0 saturated heterocycles. The van der Waals surface area contributed by atoms with Crippen LogP contribution in [0.2, 0.25) is 0 Å². The largest absolute Gasteiger partial charge is 0.468 e. The zero-order chi connectivity index (χ0) is 14.3. The van der Waals surface area contributed by atoms with Crippen LogP contribution in [0, 0.1) is 5.92 Å². The molecule has 6 nitrogen and oxygen atoms in total. The van der Waals surface area contributed by atoms with Gasteiger partial charge in [0.1, 0.15) is 6.54 Å². The van der Waals surface area contributed by atoms with Gasteiger partial charge in [-0.3, -0.25) is 9.59 Å². The zero-order valence-electron chi connectivity index (χ0n) is 11.4. The summed E-state index contributed by atoms with van der Waals surface area (Å²) in [7, 11) is 1.28. The average molecular weight is 293 g/mol. The molecule has 1 aliphatic carbocycles. The molecule has 0 amide bonds. The Balaban J connectivity index is 2.13. The van der Waals surface area contributed by atoms with E-state index in [0.717, 1.165) is 29.5 Å². The molecule has 3 rings (SSSR count). The van der Waals surface area contributed by atoms with Crippen molar-refractivity contribution in [3.63, 3.8) is 0 Å². The van der Waals surface area contributed by atoms with Crippen molar-refractivity contribution in [2.75, 3.05) is 7.11 Å². The molecule has 2 aromatic heterocycles. The van der Waals surface area contributed by atoms with Crippen molar-refractivity contribution in [1.29, 1.82) is 0 Å². The highest BCUT2D eigenvalue weighted by Gasteiger charge is 2.24. The van der Waals surface area contributed by atoms with Gasteiger partial charge < -0.3 is 4.74 Å². The van der Waals surface area contributed by atoms with E-state index in [-0.39, 0.29) is 12.1 Å². The van der Waals surface area contributed by atoms with Crippen molar-refractivity contribution >= 4 is 27.5 Å². The number of rotatable bonds is 2. The summed E-state index contributed by atoms with van der Waals surface area (Å²) in [6, 6.07) is 0. The van der Waals surface area contributed by atoms with Crippen LogP contribution in [0.5, 0.6) is 0 Å². The summed E-state index contributed by atoms with van der Waals surface area (Å²) in [6.45, 7) is 2.02. The number of aromatic nitrogens is 3. The molecule has 0 N–H and O–H groups in total. The third kappa shape index (κ3) is 2.11. The number of ether oxygens (including phenoxy) is 1. The summed E-state index contributed by atoms with van der Waals surface area (Å²) >= 11 is 1.55. The van der Waals surface area contributed by atoms with Crippen molar-refractivity contribution < 1.29 is 9.53 Å². The molecule has 7 heteroatoms. The average Bonchev–Trinajstić information content (AvgIpc) is 2.79. The number of carbonyl (C=O) groups excluding carboxylic acids is 1. The van der Waals surface area contributed by atoms with E-state index in [4.69, 9.17) is 0 Å². The van der Waals surface area contributed by atoms with Gasteiger partial charge in [-0.15, -0.1) is 16.4 Å². The maximum absolute atomic E-state index is 12.5. The van der Waals surface area contributed by atoms with E-state index in [9.17, 15) is 9.59 Å². The Hall–Kier alpha value is -1.76. The highest BCUT2D eigenvalue weighted by Crippen LogP contribution is 2.35. The fourth-order valence-electron chi connectivity index (χ4n) is 2.58. The van der Waals surface area contributed by atoms with Crippen LogP contribution in [0.3, 0.4) is 0 Å². The fourth-order valence-corrected chi connectivity index (χ4v) is 3.90. The van der Waals surface area contributed by atoms with Crippen LogP contribution in [0.1, 0.15) is 23.8 Å². The molecule has 0 aromatic carbocycles. The Morgan fingerprint density at radius 2 is 2.35 bits per heavy atom. The monoisotopic (exact) mass is 293 g/mol. The van der Waals surface area contributed by atoms with Gasteiger partial charge in [0.25, 0.3) is 5.56 Å². The van der Waals surface area contributed by atoms with Gasteiger partial charge in [0.15, 0.2) is 4.83 Å². The topological polar surface area (TPSA) is 74.1 Å². The first-order valence-corrected chi connectivity index (χ1v) is 7.36. The Morgan fingerprint density at radius 1 is 1.55 bits per heavy atom. The minimum atomic E-state index is -0.501. The summed E-state index contributed by atoms with van der Waals surface area (Å²) in [5, 5.41) is 8.54. The molecule has 2 aromatic rings. The fraction of sp³-hybridized carbons (Fsp3) is 0.538. The summed E-state index contributed by atoms with van der Waals surface area (Å²) in [4.78, 5) is 25.7. The lowest BCUT2D eigenvalue weighted by molar-refractivity contribution is -0.141. The molecule has 0 fully saturated rings. The van der Waals surface area contributed by atoms with E-state index < -0.39 is 5.97 Å². The molecule has 20 heavy (non-hydrogen) atoms. The zero-order valence-corrected chi connectivity index (χ0v) is 12.2. The number of fused-ring (bicyclic) bond motifs is 3. The Morgan fingerprint density at radius 3 is 3.10 bits per heavy atom. The summed E-state index contributed by atoms with van der Waals surface area (Å²) in [5.41, 5.74) is 0.856. The molecule has 0 bridgehead atoms. The second-order valence-corrected chi connectivity index (χ2v) is 6.24. The van der Waals surface area contributed by atoms with Crippen LogP contribution in [0.25, 0.3) is 10.2 Å². The second kappa shape index (κ2) is 4.97. The Bertz CT molecular complexity index is 734. The first-order valence-electron chi connectivity index (χ1n) is 6.55. The van der Waals surface area contributed by atoms with Crippen molar-refractivity contribution in [2.45, 2.75) is 32.7 Å². The smallest absolute Gasteiger partial charge is 0.327 e. The Labute approximate surface area is 119 Å². The van der Waals surface area contributed by atoms with Crippen molar-refractivity contribution in [2.24, 2.45) is 5.92 Å². The molecule has 0 aliphatic heterocycles. The minimum Gasteiger partial charge on any atom is -0.468 e. The standard InChI is InChI=1S/C13H15N3O3S/c1-7-3-4-8-9(5-7)20-12-11(8)13(18)16(15-14-12)6-10(17)19-2/h7H,3-6H2,1-2H3/t7-/m0/s1. The molecule has 2 heterocycles. The molecule has 0 unspecified atom stereocenters. The number of methoxy groups -OCH3 is 1. The number of thiophene rings is 1.